The molecule has 0 radical (unpaired) electrons. The van der Waals surface area contributed by atoms with E-state index in [2.05, 4.69) is 36.4 Å². The van der Waals surface area contributed by atoms with E-state index in [1.165, 1.54) is 4.88 Å². The van der Waals surface area contributed by atoms with E-state index < -0.39 is 5.60 Å². The molecular formula is C13H23NOS. The van der Waals surface area contributed by atoms with Crippen molar-refractivity contribution < 1.29 is 5.11 Å². The molecule has 0 aliphatic heterocycles. The third-order valence-electron chi connectivity index (χ3n) is 2.91. The fourth-order valence-electron chi connectivity index (χ4n) is 1.55. The first-order chi connectivity index (χ1) is 7.38. The molecule has 1 unspecified atom stereocenters. The van der Waals surface area contributed by atoms with Gasteiger partial charge in [-0.05, 0) is 52.1 Å². The van der Waals surface area contributed by atoms with Gasteiger partial charge in [0.15, 0.2) is 0 Å². The maximum atomic E-state index is 9.68. The van der Waals surface area contributed by atoms with Gasteiger partial charge in [-0.1, -0.05) is 6.07 Å². The Morgan fingerprint density at radius 2 is 2.19 bits per heavy atom. The summed E-state index contributed by atoms with van der Waals surface area (Å²) in [6.45, 7) is 6.91. The van der Waals surface area contributed by atoms with Gasteiger partial charge < -0.3 is 10.0 Å². The van der Waals surface area contributed by atoms with Crippen LogP contribution >= 0.6 is 11.3 Å². The first-order valence-corrected chi connectivity index (χ1v) is 6.71. The topological polar surface area (TPSA) is 23.5 Å². The Kier molecular flexibility index (Phi) is 4.96. The summed E-state index contributed by atoms with van der Waals surface area (Å²) in [4.78, 5) is 3.75. The number of hydrogen-bond acceptors (Lipinski definition) is 3. The average molecular weight is 241 g/mol. The van der Waals surface area contributed by atoms with Crippen LogP contribution in [0.25, 0.3) is 0 Å². The summed E-state index contributed by atoms with van der Waals surface area (Å²) in [6, 6.07) is 4.81. The maximum absolute atomic E-state index is 9.68. The highest BCUT2D eigenvalue weighted by molar-refractivity contribution is 7.09. The van der Waals surface area contributed by atoms with Crippen molar-refractivity contribution >= 4 is 11.3 Å². The van der Waals surface area contributed by atoms with Crippen LogP contribution in [0.1, 0.15) is 32.1 Å². The van der Waals surface area contributed by atoms with Crippen LogP contribution in [-0.4, -0.2) is 35.2 Å². The van der Waals surface area contributed by atoms with Crippen molar-refractivity contribution in [2.45, 2.75) is 45.3 Å². The fraction of sp³-hybridized carbons (Fsp3) is 0.692. The minimum Gasteiger partial charge on any atom is -0.390 e. The zero-order valence-electron chi connectivity index (χ0n) is 10.7. The molecule has 1 heterocycles. The predicted octanol–water partition coefficient (Wildman–Crippen LogP) is 2.77. The molecule has 16 heavy (non-hydrogen) atoms. The summed E-state index contributed by atoms with van der Waals surface area (Å²) >= 11 is 1.82. The molecule has 1 rings (SSSR count). The van der Waals surface area contributed by atoms with Crippen molar-refractivity contribution in [2.24, 2.45) is 0 Å². The summed E-state index contributed by atoms with van der Waals surface area (Å²) in [5, 5.41) is 11.8. The van der Waals surface area contributed by atoms with Gasteiger partial charge in [0.05, 0.1) is 5.60 Å². The number of thiophene rings is 1. The van der Waals surface area contributed by atoms with E-state index in [0.717, 1.165) is 19.4 Å². The monoisotopic (exact) mass is 241 g/mol. The van der Waals surface area contributed by atoms with E-state index in [1.54, 1.807) is 0 Å². The third-order valence-corrected chi connectivity index (χ3v) is 3.80. The normalized spacial score (nSPS) is 14.4. The largest absolute Gasteiger partial charge is 0.390 e. The summed E-state index contributed by atoms with van der Waals surface area (Å²) in [5.74, 6) is 0. The van der Waals surface area contributed by atoms with Crippen LogP contribution < -0.4 is 0 Å². The van der Waals surface area contributed by atoms with Gasteiger partial charge in [0.1, 0.15) is 0 Å². The Morgan fingerprint density at radius 1 is 1.50 bits per heavy atom. The van der Waals surface area contributed by atoms with Gasteiger partial charge in [-0.25, -0.2) is 0 Å². The van der Waals surface area contributed by atoms with Crippen molar-refractivity contribution in [2.75, 3.05) is 13.6 Å². The molecule has 0 aromatic carbocycles. The second kappa shape index (κ2) is 5.80. The zero-order chi connectivity index (χ0) is 12.2. The van der Waals surface area contributed by atoms with Crippen molar-refractivity contribution in [1.82, 2.24) is 4.90 Å². The van der Waals surface area contributed by atoms with E-state index in [-0.39, 0.29) is 0 Å². The minimum atomic E-state index is -0.559. The highest BCUT2D eigenvalue weighted by atomic mass is 32.1. The number of likely N-dealkylation sites (N-methyl/N-ethyl adjacent to an activating group) is 1. The van der Waals surface area contributed by atoms with E-state index >= 15 is 0 Å². The molecule has 1 atom stereocenters. The van der Waals surface area contributed by atoms with Crippen LogP contribution in [0.3, 0.4) is 0 Å². The van der Waals surface area contributed by atoms with Crippen molar-refractivity contribution in [3.05, 3.63) is 22.4 Å². The lowest BCUT2D eigenvalue weighted by atomic mass is 10.0. The molecule has 3 heteroatoms. The highest BCUT2D eigenvalue weighted by Crippen LogP contribution is 2.15. The average Bonchev–Trinajstić information content (AvgIpc) is 2.65. The molecular weight excluding hydrogens is 218 g/mol. The van der Waals surface area contributed by atoms with Crippen LogP contribution in [0.15, 0.2) is 17.5 Å². The van der Waals surface area contributed by atoms with Crippen molar-refractivity contribution in [3.8, 4) is 0 Å². The molecule has 0 aliphatic rings. The van der Waals surface area contributed by atoms with E-state index in [4.69, 9.17) is 0 Å². The van der Waals surface area contributed by atoms with Crippen LogP contribution in [0, 0.1) is 0 Å². The molecule has 1 aromatic rings. The van der Waals surface area contributed by atoms with Crippen molar-refractivity contribution in [3.63, 3.8) is 0 Å². The van der Waals surface area contributed by atoms with Gasteiger partial charge >= 0.3 is 0 Å². The summed E-state index contributed by atoms with van der Waals surface area (Å²) in [6.07, 6.45) is 1.91. The summed E-state index contributed by atoms with van der Waals surface area (Å²) in [5.41, 5.74) is -0.559. The van der Waals surface area contributed by atoms with Gasteiger partial charge in [0, 0.05) is 17.5 Å². The number of nitrogens with zero attached hydrogens (tertiary/aromatic N) is 1. The third kappa shape index (κ3) is 5.10. The van der Waals surface area contributed by atoms with Gasteiger partial charge in [-0.3, -0.25) is 0 Å². The van der Waals surface area contributed by atoms with Gasteiger partial charge in [0.2, 0.25) is 0 Å². The number of hydrogen-bond donors (Lipinski definition) is 1. The first-order valence-electron chi connectivity index (χ1n) is 5.83. The quantitative estimate of drug-likeness (QED) is 0.828. The van der Waals surface area contributed by atoms with Gasteiger partial charge in [-0.2, -0.15) is 0 Å². The smallest absolute Gasteiger partial charge is 0.0603 e. The highest BCUT2D eigenvalue weighted by Gasteiger charge is 2.16. The Labute approximate surface area is 103 Å². The van der Waals surface area contributed by atoms with Crippen LogP contribution in [0.4, 0.5) is 0 Å². The maximum Gasteiger partial charge on any atom is 0.0603 e. The van der Waals surface area contributed by atoms with E-state index in [1.807, 2.05) is 25.2 Å². The molecule has 0 spiro atoms. The fourth-order valence-corrected chi connectivity index (χ4v) is 2.37. The Balaban J connectivity index is 2.33. The second-order valence-electron chi connectivity index (χ2n) is 5.18. The first kappa shape index (κ1) is 13.7. The van der Waals surface area contributed by atoms with Crippen LogP contribution in [-0.2, 0) is 6.42 Å². The number of aliphatic hydroxyl groups is 1. The predicted molar refractivity (Wildman–Crippen MR) is 71.0 cm³/mol. The number of rotatable bonds is 6. The summed E-state index contributed by atoms with van der Waals surface area (Å²) in [7, 11) is 2.13. The molecule has 1 N–H and O–H groups in total. The van der Waals surface area contributed by atoms with Crippen LogP contribution in [0.2, 0.25) is 0 Å². The van der Waals surface area contributed by atoms with Crippen LogP contribution in [0.5, 0.6) is 0 Å². The molecule has 2 nitrogen and oxygen atoms in total. The summed E-state index contributed by atoms with van der Waals surface area (Å²) < 4.78 is 0. The van der Waals surface area contributed by atoms with E-state index in [9.17, 15) is 5.11 Å². The lowest BCUT2D eigenvalue weighted by Gasteiger charge is -2.27. The van der Waals surface area contributed by atoms with Gasteiger partial charge in [0.25, 0.3) is 0 Å². The Bertz CT molecular complexity index is 289. The lowest BCUT2D eigenvalue weighted by molar-refractivity contribution is 0.0566. The Hall–Kier alpha value is -0.380. The molecule has 1 aromatic heterocycles. The molecule has 0 aliphatic carbocycles. The molecule has 92 valence electrons. The van der Waals surface area contributed by atoms with Gasteiger partial charge in [-0.15, -0.1) is 11.3 Å². The molecule has 0 fully saturated rings. The Morgan fingerprint density at radius 3 is 2.69 bits per heavy atom. The standard InChI is InChI=1S/C13H23NOS/c1-11(10-12-6-5-9-16-12)14(4)8-7-13(2,3)15/h5-6,9,11,15H,7-8,10H2,1-4H3. The zero-order valence-corrected chi connectivity index (χ0v) is 11.5. The molecule has 0 amide bonds. The minimum absolute atomic E-state index is 0.529. The SMILES string of the molecule is CC(Cc1cccs1)N(C)CCC(C)(C)O. The van der Waals surface area contributed by atoms with E-state index in [0.29, 0.717) is 6.04 Å². The second-order valence-corrected chi connectivity index (χ2v) is 6.21. The lowest BCUT2D eigenvalue weighted by Crippen LogP contribution is -2.35. The van der Waals surface area contributed by atoms with Crippen molar-refractivity contribution in [1.29, 1.82) is 0 Å². The molecule has 0 saturated carbocycles. The molecule has 0 bridgehead atoms. The molecule has 0 saturated heterocycles.